The van der Waals surface area contributed by atoms with Crippen LogP contribution >= 0.6 is 0 Å². The first-order chi connectivity index (χ1) is 6.95. The van der Waals surface area contributed by atoms with Gasteiger partial charge in [0, 0.05) is 12.1 Å². The van der Waals surface area contributed by atoms with E-state index in [-0.39, 0.29) is 12.6 Å². The smallest absolute Gasteiger partial charge is 0.0582 e. The maximum atomic E-state index is 9.09. The highest BCUT2D eigenvalue weighted by molar-refractivity contribution is 4.89. The summed E-state index contributed by atoms with van der Waals surface area (Å²) in [6, 6.07) is 0.832. The van der Waals surface area contributed by atoms with Gasteiger partial charge in [-0.1, -0.05) is 33.6 Å². The Morgan fingerprint density at radius 2 is 1.87 bits per heavy atom. The topological polar surface area (TPSA) is 32.3 Å². The molecule has 2 N–H and O–H groups in total. The molecule has 0 unspecified atom stereocenters. The molecule has 0 aliphatic heterocycles. The maximum Gasteiger partial charge on any atom is 0.0582 e. The van der Waals surface area contributed by atoms with Gasteiger partial charge in [0.1, 0.15) is 0 Å². The van der Waals surface area contributed by atoms with Crippen molar-refractivity contribution in [3.63, 3.8) is 0 Å². The monoisotopic (exact) mass is 213 g/mol. The summed E-state index contributed by atoms with van der Waals surface area (Å²) < 4.78 is 0. The van der Waals surface area contributed by atoms with Crippen LogP contribution < -0.4 is 5.32 Å². The van der Waals surface area contributed by atoms with Gasteiger partial charge in [0.05, 0.1) is 6.61 Å². The Morgan fingerprint density at radius 3 is 2.40 bits per heavy atom. The van der Waals surface area contributed by atoms with Crippen molar-refractivity contribution in [2.24, 2.45) is 11.3 Å². The molecule has 15 heavy (non-hydrogen) atoms. The van der Waals surface area contributed by atoms with Crippen LogP contribution in [0, 0.1) is 11.3 Å². The summed E-state index contributed by atoms with van der Waals surface area (Å²) in [5.41, 5.74) is 0.382. The largest absolute Gasteiger partial charge is 0.395 e. The highest BCUT2D eigenvalue weighted by atomic mass is 16.3. The molecule has 0 aromatic heterocycles. The fraction of sp³-hybridized carbons (Fsp3) is 1.00. The average molecular weight is 213 g/mol. The predicted molar refractivity (Wildman–Crippen MR) is 64.9 cm³/mol. The molecular weight excluding hydrogens is 186 g/mol. The number of hydrogen-bond donors (Lipinski definition) is 2. The van der Waals surface area contributed by atoms with Gasteiger partial charge in [0.15, 0.2) is 0 Å². The molecule has 0 saturated heterocycles. The fourth-order valence-corrected chi connectivity index (χ4v) is 2.79. The van der Waals surface area contributed by atoms with Gasteiger partial charge >= 0.3 is 0 Å². The van der Waals surface area contributed by atoms with E-state index in [0.29, 0.717) is 11.5 Å². The summed E-state index contributed by atoms with van der Waals surface area (Å²) in [5, 5.41) is 12.7. The van der Waals surface area contributed by atoms with Crippen molar-refractivity contribution in [3.05, 3.63) is 0 Å². The van der Waals surface area contributed by atoms with E-state index in [1.54, 1.807) is 0 Å². The van der Waals surface area contributed by atoms with Crippen LogP contribution in [0.15, 0.2) is 0 Å². The lowest BCUT2D eigenvalue weighted by Gasteiger charge is -2.42. The third-order valence-corrected chi connectivity index (χ3v) is 3.65. The molecule has 0 heterocycles. The third-order valence-electron chi connectivity index (χ3n) is 3.65. The molecule has 0 spiro atoms. The Bertz CT molecular complexity index is 185. The summed E-state index contributed by atoms with van der Waals surface area (Å²) in [7, 11) is 0. The molecule has 90 valence electrons. The number of aliphatic hydroxyl groups excluding tert-OH is 1. The molecule has 2 nitrogen and oxygen atoms in total. The van der Waals surface area contributed by atoms with E-state index in [4.69, 9.17) is 5.11 Å². The molecule has 1 saturated carbocycles. The summed E-state index contributed by atoms with van der Waals surface area (Å²) in [6.45, 7) is 9.31. The molecule has 0 aromatic rings. The van der Waals surface area contributed by atoms with E-state index >= 15 is 0 Å². The zero-order valence-corrected chi connectivity index (χ0v) is 10.7. The minimum Gasteiger partial charge on any atom is -0.395 e. The highest BCUT2D eigenvalue weighted by Crippen LogP contribution is 2.38. The number of aliphatic hydroxyl groups is 1. The zero-order valence-electron chi connectivity index (χ0n) is 10.7. The van der Waals surface area contributed by atoms with Crippen molar-refractivity contribution in [3.8, 4) is 0 Å². The first-order valence-corrected chi connectivity index (χ1v) is 6.32. The molecule has 1 aliphatic rings. The Labute approximate surface area is 94.5 Å². The Balaban J connectivity index is 2.58. The van der Waals surface area contributed by atoms with Crippen LogP contribution in [0.4, 0.5) is 0 Å². The summed E-state index contributed by atoms with van der Waals surface area (Å²) in [6.07, 6.45) is 5.31. The van der Waals surface area contributed by atoms with Gasteiger partial charge in [0.2, 0.25) is 0 Å². The minimum atomic E-state index is 0.234. The standard InChI is InChI=1S/C13H27NO/c1-10(9-15)14-12-8-6-5-7-11(12)13(2,3)4/h10-12,14-15H,5-9H2,1-4H3/t10-,11-,12-/m1/s1. The van der Waals surface area contributed by atoms with Gasteiger partial charge in [-0.3, -0.25) is 0 Å². The number of hydrogen-bond acceptors (Lipinski definition) is 2. The molecule has 1 rings (SSSR count). The van der Waals surface area contributed by atoms with E-state index in [2.05, 4.69) is 33.0 Å². The second-order valence-electron chi connectivity index (χ2n) is 6.11. The van der Waals surface area contributed by atoms with Crippen LogP contribution in [0.2, 0.25) is 0 Å². The number of rotatable bonds is 3. The third kappa shape index (κ3) is 3.76. The van der Waals surface area contributed by atoms with Crippen LogP contribution in [0.3, 0.4) is 0 Å². The second-order valence-corrected chi connectivity index (χ2v) is 6.11. The highest BCUT2D eigenvalue weighted by Gasteiger charge is 2.34. The van der Waals surface area contributed by atoms with Gasteiger partial charge < -0.3 is 10.4 Å². The zero-order chi connectivity index (χ0) is 11.5. The summed E-state index contributed by atoms with van der Waals surface area (Å²) >= 11 is 0. The summed E-state index contributed by atoms with van der Waals surface area (Å²) in [5.74, 6) is 0.750. The minimum absolute atomic E-state index is 0.234. The Hall–Kier alpha value is -0.0800. The fourth-order valence-electron chi connectivity index (χ4n) is 2.79. The lowest BCUT2D eigenvalue weighted by atomic mass is 9.69. The van der Waals surface area contributed by atoms with Crippen LogP contribution in [0.25, 0.3) is 0 Å². The van der Waals surface area contributed by atoms with Gasteiger partial charge in [-0.15, -0.1) is 0 Å². The van der Waals surface area contributed by atoms with Crippen molar-refractivity contribution in [1.82, 2.24) is 5.32 Å². The first kappa shape index (κ1) is 13.0. The van der Waals surface area contributed by atoms with E-state index in [1.807, 2.05) is 0 Å². The molecule has 1 aliphatic carbocycles. The Kier molecular flexibility index (Phi) is 4.60. The van der Waals surface area contributed by atoms with Crippen molar-refractivity contribution >= 4 is 0 Å². The van der Waals surface area contributed by atoms with Crippen molar-refractivity contribution in [1.29, 1.82) is 0 Å². The quantitative estimate of drug-likeness (QED) is 0.755. The molecule has 0 bridgehead atoms. The maximum absolute atomic E-state index is 9.09. The van der Waals surface area contributed by atoms with Gasteiger partial charge in [-0.25, -0.2) is 0 Å². The lowest BCUT2D eigenvalue weighted by Crippen LogP contribution is -2.48. The van der Waals surface area contributed by atoms with Crippen molar-refractivity contribution in [2.75, 3.05) is 6.61 Å². The summed E-state index contributed by atoms with van der Waals surface area (Å²) in [4.78, 5) is 0. The van der Waals surface area contributed by atoms with E-state index in [9.17, 15) is 0 Å². The molecule has 1 fully saturated rings. The lowest BCUT2D eigenvalue weighted by molar-refractivity contribution is 0.114. The number of nitrogens with one attached hydrogen (secondary N) is 1. The van der Waals surface area contributed by atoms with Crippen molar-refractivity contribution < 1.29 is 5.11 Å². The molecule has 0 radical (unpaired) electrons. The van der Waals surface area contributed by atoms with Gasteiger partial charge in [-0.2, -0.15) is 0 Å². The molecular formula is C13H27NO. The molecule has 2 heteroatoms. The van der Waals surface area contributed by atoms with Gasteiger partial charge in [0.25, 0.3) is 0 Å². The second kappa shape index (κ2) is 5.31. The average Bonchev–Trinajstić information content (AvgIpc) is 2.17. The SMILES string of the molecule is C[C@H](CO)N[C@@H]1CCCC[C@H]1C(C)(C)C. The van der Waals surface area contributed by atoms with Crippen LogP contribution in [-0.2, 0) is 0 Å². The first-order valence-electron chi connectivity index (χ1n) is 6.32. The Morgan fingerprint density at radius 1 is 1.27 bits per heavy atom. The molecule has 3 atom stereocenters. The van der Waals surface area contributed by atoms with Crippen LogP contribution in [-0.4, -0.2) is 23.8 Å². The van der Waals surface area contributed by atoms with Crippen LogP contribution in [0.5, 0.6) is 0 Å². The van der Waals surface area contributed by atoms with E-state index in [0.717, 1.165) is 5.92 Å². The predicted octanol–water partition coefficient (Wildman–Crippen LogP) is 2.56. The van der Waals surface area contributed by atoms with E-state index in [1.165, 1.54) is 25.7 Å². The normalized spacial score (nSPS) is 30.2. The van der Waals surface area contributed by atoms with Crippen molar-refractivity contribution in [2.45, 2.75) is 65.5 Å². The molecule has 0 amide bonds. The van der Waals surface area contributed by atoms with Crippen LogP contribution in [0.1, 0.15) is 53.4 Å². The molecule has 0 aromatic carbocycles. The van der Waals surface area contributed by atoms with E-state index < -0.39 is 0 Å². The van der Waals surface area contributed by atoms with Gasteiger partial charge in [-0.05, 0) is 31.1 Å².